The van der Waals surface area contributed by atoms with Crippen LogP contribution in [0.4, 0.5) is 0 Å². The van der Waals surface area contributed by atoms with Crippen LogP contribution in [-0.4, -0.2) is 34.4 Å². The van der Waals surface area contributed by atoms with Gasteiger partial charge in [-0.2, -0.15) is 4.98 Å². The topological polar surface area (TPSA) is 71.2 Å². The summed E-state index contributed by atoms with van der Waals surface area (Å²) in [6, 6.07) is 0. The summed E-state index contributed by atoms with van der Waals surface area (Å²) >= 11 is 0. The number of hydrogen-bond acceptors (Lipinski definition) is 5. The molecule has 2 atom stereocenters. The van der Waals surface area contributed by atoms with Crippen molar-refractivity contribution in [3.8, 4) is 0 Å². The Labute approximate surface area is 102 Å². The van der Waals surface area contributed by atoms with Crippen LogP contribution in [0.2, 0.25) is 0 Å². The molecule has 1 aromatic heterocycles. The first-order chi connectivity index (χ1) is 8.24. The molecule has 5 heteroatoms. The van der Waals surface area contributed by atoms with Crippen LogP contribution in [0.3, 0.4) is 0 Å². The average Bonchev–Trinajstić information content (AvgIpc) is 2.75. The van der Waals surface area contributed by atoms with Crippen molar-refractivity contribution in [3.05, 3.63) is 11.7 Å². The van der Waals surface area contributed by atoms with E-state index in [1.165, 1.54) is 12.8 Å². The van der Waals surface area contributed by atoms with Crippen LogP contribution in [0, 0.1) is 5.92 Å². The van der Waals surface area contributed by atoms with Gasteiger partial charge in [-0.3, -0.25) is 0 Å². The van der Waals surface area contributed by atoms with Crippen molar-refractivity contribution in [2.24, 2.45) is 5.92 Å². The summed E-state index contributed by atoms with van der Waals surface area (Å²) in [7, 11) is 0. The highest BCUT2D eigenvalue weighted by molar-refractivity contribution is 4.90. The Morgan fingerprint density at radius 2 is 2.47 bits per heavy atom. The normalized spacial score (nSPS) is 22.6. The third-order valence-corrected chi connectivity index (χ3v) is 3.16. The van der Waals surface area contributed by atoms with Gasteiger partial charge in [-0.1, -0.05) is 5.16 Å². The lowest BCUT2D eigenvalue weighted by atomic mass is 9.96. The molecule has 0 amide bonds. The molecule has 0 aliphatic carbocycles. The summed E-state index contributed by atoms with van der Waals surface area (Å²) in [5.41, 5.74) is 0. The summed E-state index contributed by atoms with van der Waals surface area (Å²) in [4.78, 5) is 4.36. The Bertz CT molecular complexity index is 332. The Morgan fingerprint density at radius 1 is 1.59 bits per heavy atom. The van der Waals surface area contributed by atoms with Gasteiger partial charge >= 0.3 is 0 Å². The van der Waals surface area contributed by atoms with Crippen molar-refractivity contribution in [1.82, 2.24) is 15.5 Å². The van der Waals surface area contributed by atoms with E-state index < -0.39 is 0 Å². The zero-order valence-electron chi connectivity index (χ0n) is 10.4. The van der Waals surface area contributed by atoms with Gasteiger partial charge in [-0.25, -0.2) is 0 Å². The zero-order chi connectivity index (χ0) is 12.1. The van der Waals surface area contributed by atoms with Gasteiger partial charge in [0.1, 0.15) is 0 Å². The van der Waals surface area contributed by atoms with Crippen molar-refractivity contribution in [3.63, 3.8) is 0 Å². The highest BCUT2D eigenvalue weighted by Gasteiger charge is 2.16. The van der Waals surface area contributed by atoms with Gasteiger partial charge in [0.15, 0.2) is 5.82 Å². The molecule has 96 valence electrons. The molecule has 17 heavy (non-hydrogen) atoms. The Hall–Kier alpha value is -0.940. The van der Waals surface area contributed by atoms with Gasteiger partial charge in [0.05, 0.1) is 6.10 Å². The fraction of sp³-hybridized carbons (Fsp3) is 0.833. The number of nitrogens with one attached hydrogen (secondary N) is 1. The van der Waals surface area contributed by atoms with Gasteiger partial charge < -0.3 is 14.9 Å². The molecule has 0 bridgehead atoms. The lowest BCUT2D eigenvalue weighted by Gasteiger charge is -2.20. The number of aryl methyl sites for hydroxylation is 1. The third kappa shape index (κ3) is 4.09. The smallest absolute Gasteiger partial charge is 0.226 e. The van der Waals surface area contributed by atoms with Crippen molar-refractivity contribution in [2.75, 3.05) is 13.1 Å². The lowest BCUT2D eigenvalue weighted by Crippen LogP contribution is -2.31. The van der Waals surface area contributed by atoms with Crippen LogP contribution in [0.1, 0.15) is 37.9 Å². The Kier molecular flexibility index (Phi) is 4.50. The van der Waals surface area contributed by atoms with E-state index in [1.54, 1.807) is 6.92 Å². The number of nitrogens with zero attached hydrogens (tertiary/aromatic N) is 2. The highest BCUT2D eigenvalue weighted by atomic mass is 16.5. The van der Waals surface area contributed by atoms with E-state index in [0.29, 0.717) is 24.7 Å². The van der Waals surface area contributed by atoms with E-state index in [1.807, 2.05) is 0 Å². The summed E-state index contributed by atoms with van der Waals surface area (Å²) in [6.07, 6.45) is 4.39. The molecule has 1 aliphatic rings. The van der Waals surface area contributed by atoms with Gasteiger partial charge in [0.2, 0.25) is 5.89 Å². The van der Waals surface area contributed by atoms with E-state index in [-0.39, 0.29) is 6.10 Å². The minimum absolute atomic E-state index is 0.312. The molecule has 2 heterocycles. The molecule has 1 aromatic rings. The van der Waals surface area contributed by atoms with Crippen molar-refractivity contribution in [2.45, 2.75) is 45.1 Å². The molecule has 2 N–H and O–H groups in total. The molecule has 0 radical (unpaired) electrons. The second-order valence-corrected chi connectivity index (χ2v) is 4.91. The standard InChI is InChI=1S/C12H21N3O2/c1-9(16)4-5-12-14-11(15-17-12)7-10-3-2-6-13-8-10/h9-10,13,16H,2-8H2,1H3. The van der Waals surface area contributed by atoms with Gasteiger partial charge in [-0.05, 0) is 45.2 Å². The van der Waals surface area contributed by atoms with Crippen LogP contribution < -0.4 is 5.32 Å². The van der Waals surface area contributed by atoms with Crippen LogP contribution >= 0.6 is 0 Å². The number of aliphatic hydroxyl groups excluding tert-OH is 1. The van der Waals surface area contributed by atoms with Crippen LogP contribution in [0.15, 0.2) is 4.52 Å². The SMILES string of the molecule is CC(O)CCc1nc(CC2CCCNC2)no1. The molecular weight excluding hydrogens is 218 g/mol. The van der Waals surface area contributed by atoms with Gasteiger partial charge in [-0.15, -0.1) is 0 Å². The Balaban J connectivity index is 1.80. The minimum Gasteiger partial charge on any atom is -0.393 e. The minimum atomic E-state index is -0.312. The maximum Gasteiger partial charge on any atom is 0.226 e. The van der Waals surface area contributed by atoms with Crippen molar-refractivity contribution < 1.29 is 9.63 Å². The van der Waals surface area contributed by atoms with Crippen LogP contribution in [-0.2, 0) is 12.8 Å². The molecular formula is C12H21N3O2. The molecule has 2 unspecified atom stereocenters. The summed E-state index contributed by atoms with van der Waals surface area (Å²) in [5.74, 6) is 2.08. The Morgan fingerprint density at radius 3 is 3.18 bits per heavy atom. The fourth-order valence-electron chi connectivity index (χ4n) is 2.16. The average molecular weight is 239 g/mol. The van der Waals surface area contributed by atoms with Crippen LogP contribution in [0.25, 0.3) is 0 Å². The number of aliphatic hydroxyl groups is 1. The lowest BCUT2D eigenvalue weighted by molar-refractivity contribution is 0.180. The number of hydrogen-bond donors (Lipinski definition) is 2. The van der Waals surface area contributed by atoms with Crippen molar-refractivity contribution >= 4 is 0 Å². The number of piperidine rings is 1. The molecule has 1 saturated heterocycles. The third-order valence-electron chi connectivity index (χ3n) is 3.16. The zero-order valence-corrected chi connectivity index (χ0v) is 10.4. The van der Waals surface area contributed by atoms with Gasteiger partial charge in [0, 0.05) is 12.8 Å². The van der Waals surface area contributed by atoms with Gasteiger partial charge in [0.25, 0.3) is 0 Å². The van der Waals surface area contributed by atoms with E-state index in [9.17, 15) is 5.11 Å². The van der Waals surface area contributed by atoms with Crippen molar-refractivity contribution in [1.29, 1.82) is 0 Å². The molecule has 0 spiro atoms. The number of rotatable bonds is 5. The van der Waals surface area contributed by atoms with E-state index >= 15 is 0 Å². The summed E-state index contributed by atoms with van der Waals surface area (Å²) in [5, 5.41) is 16.6. The molecule has 0 saturated carbocycles. The second-order valence-electron chi connectivity index (χ2n) is 4.91. The second kappa shape index (κ2) is 6.12. The predicted octanol–water partition coefficient (Wildman–Crippen LogP) is 0.925. The number of aromatic nitrogens is 2. The first-order valence-electron chi connectivity index (χ1n) is 6.44. The maximum absolute atomic E-state index is 9.18. The molecule has 5 nitrogen and oxygen atoms in total. The fourth-order valence-corrected chi connectivity index (χ4v) is 2.16. The molecule has 1 aliphatic heterocycles. The first kappa shape index (κ1) is 12.5. The predicted molar refractivity (Wildman–Crippen MR) is 63.6 cm³/mol. The first-order valence-corrected chi connectivity index (χ1v) is 6.44. The molecule has 0 aromatic carbocycles. The molecule has 1 fully saturated rings. The largest absolute Gasteiger partial charge is 0.393 e. The monoisotopic (exact) mass is 239 g/mol. The van der Waals surface area contributed by atoms with Crippen LogP contribution in [0.5, 0.6) is 0 Å². The van der Waals surface area contributed by atoms with E-state index in [0.717, 1.165) is 25.3 Å². The van der Waals surface area contributed by atoms with E-state index in [2.05, 4.69) is 15.5 Å². The maximum atomic E-state index is 9.18. The molecule has 2 rings (SSSR count). The van der Waals surface area contributed by atoms with E-state index in [4.69, 9.17) is 4.52 Å². The highest BCUT2D eigenvalue weighted by Crippen LogP contribution is 2.15. The quantitative estimate of drug-likeness (QED) is 0.799. The summed E-state index contributed by atoms with van der Waals surface area (Å²) < 4.78 is 5.16. The summed E-state index contributed by atoms with van der Waals surface area (Å²) in [6.45, 7) is 3.95.